The van der Waals surface area contributed by atoms with Crippen molar-refractivity contribution in [3.8, 4) is 0 Å². The van der Waals surface area contributed by atoms with Crippen LogP contribution in [0.15, 0.2) is 0 Å². The van der Waals surface area contributed by atoms with Crippen LogP contribution >= 0.6 is 0 Å². The summed E-state index contributed by atoms with van der Waals surface area (Å²) in [4.78, 5) is 22.0. The van der Waals surface area contributed by atoms with Crippen LogP contribution in [-0.4, -0.2) is 49.9 Å². The molecule has 9 heteroatoms. The maximum atomic E-state index is 12.4. The zero-order chi connectivity index (χ0) is 16.0. The lowest BCUT2D eigenvalue weighted by Gasteiger charge is -2.26. The highest BCUT2D eigenvalue weighted by Crippen LogP contribution is 2.23. The van der Waals surface area contributed by atoms with Gasteiger partial charge in [-0.3, -0.25) is 4.79 Å². The number of aliphatic carboxylic acids is 1. The molecule has 0 heterocycles. The lowest BCUT2D eigenvalue weighted by molar-refractivity contribution is -0.141. The maximum absolute atomic E-state index is 12.4. The molecule has 0 aromatic carbocycles. The Kier molecular flexibility index (Phi) is 6.53. The third kappa shape index (κ3) is 6.38. The molecule has 0 bridgehead atoms. The molecule has 1 fully saturated rings. The number of hydrogen-bond acceptors (Lipinski definition) is 4. The third-order valence-corrected chi connectivity index (χ3v) is 4.81. The van der Waals surface area contributed by atoms with E-state index in [-0.39, 0.29) is 6.04 Å². The molecular weight excluding hydrogens is 303 g/mol. The molecule has 1 amide bonds. The Labute approximate surface area is 123 Å². The minimum atomic E-state index is -3.85. The number of amides is 1. The van der Waals surface area contributed by atoms with Crippen LogP contribution in [0.4, 0.5) is 4.39 Å². The smallest absolute Gasteiger partial charge is 0.328 e. The zero-order valence-corrected chi connectivity index (χ0v) is 12.7. The van der Waals surface area contributed by atoms with Crippen molar-refractivity contribution in [2.45, 2.75) is 44.7 Å². The van der Waals surface area contributed by atoms with Gasteiger partial charge in [0.2, 0.25) is 15.9 Å². The summed E-state index contributed by atoms with van der Waals surface area (Å²) in [5, 5.41) is 10.4. The molecule has 1 aliphatic rings. The summed E-state index contributed by atoms with van der Waals surface area (Å²) in [7, 11) is -3.85. The van der Waals surface area contributed by atoms with Crippen molar-refractivity contribution in [3.63, 3.8) is 0 Å². The van der Waals surface area contributed by atoms with Gasteiger partial charge in [0.1, 0.15) is 12.4 Å². The van der Waals surface area contributed by atoms with Crippen molar-refractivity contribution in [2.75, 3.05) is 12.4 Å². The lowest BCUT2D eigenvalue weighted by Crippen LogP contribution is -2.47. The maximum Gasteiger partial charge on any atom is 0.328 e. The number of halogens is 1. The number of carboxylic acids is 1. The SMILES string of the molecule is CC1CCC(NS(=O)(=O)CC(=O)NC(CF)C(=O)O)CC1. The lowest BCUT2D eigenvalue weighted by atomic mass is 9.88. The summed E-state index contributed by atoms with van der Waals surface area (Å²) in [5.41, 5.74) is 0. The van der Waals surface area contributed by atoms with E-state index < -0.39 is 40.4 Å². The zero-order valence-electron chi connectivity index (χ0n) is 11.8. The highest BCUT2D eigenvalue weighted by atomic mass is 32.2. The molecule has 0 saturated heterocycles. The largest absolute Gasteiger partial charge is 0.480 e. The Balaban J connectivity index is 2.48. The number of sulfonamides is 1. The van der Waals surface area contributed by atoms with E-state index in [9.17, 15) is 22.4 Å². The normalized spacial score (nSPS) is 24.3. The van der Waals surface area contributed by atoms with Crippen LogP contribution in [0.1, 0.15) is 32.6 Å². The molecule has 0 aromatic heterocycles. The number of carboxylic acid groups (broad SMARTS) is 1. The average molecular weight is 324 g/mol. The molecule has 1 atom stereocenters. The number of carbonyl (C=O) groups excluding carboxylic acids is 1. The molecular formula is C12H21FN2O5S. The fourth-order valence-corrected chi connectivity index (χ4v) is 3.50. The van der Waals surface area contributed by atoms with Gasteiger partial charge in [-0.05, 0) is 31.6 Å². The standard InChI is InChI=1S/C12H21FN2O5S/c1-8-2-4-9(5-3-8)15-21(19,20)7-11(16)14-10(6-13)12(17)18/h8-10,15H,2-7H2,1H3,(H,14,16)(H,17,18). The molecule has 0 spiro atoms. The summed E-state index contributed by atoms with van der Waals surface area (Å²) in [6, 6.07) is -1.92. The van der Waals surface area contributed by atoms with E-state index in [4.69, 9.17) is 5.11 Å². The van der Waals surface area contributed by atoms with E-state index in [2.05, 4.69) is 11.6 Å². The number of alkyl halides is 1. The summed E-state index contributed by atoms with van der Waals surface area (Å²) in [6.07, 6.45) is 3.26. The number of rotatable bonds is 7. The van der Waals surface area contributed by atoms with Crippen molar-refractivity contribution in [3.05, 3.63) is 0 Å². The van der Waals surface area contributed by atoms with E-state index in [1.54, 1.807) is 0 Å². The van der Waals surface area contributed by atoms with Crippen LogP contribution in [-0.2, 0) is 19.6 Å². The Morgan fingerprint density at radius 3 is 2.33 bits per heavy atom. The highest BCUT2D eigenvalue weighted by molar-refractivity contribution is 7.90. The van der Waals surface area contributed by atoms with Gasteiger partial charge in [0.25, 0.3) is 0 Å². The predicted octanol–water partition coefficient (Wildman–Crippen LogP) is 0.0234. The summed E-state index contributed by atoms with van der Waals surface area (Å²) >= 11 is 0. The first-order valence-corrected chi connectivity index (χ1v) is 8.47. The molecule has 21 heavy (non-hydrogen) atoms. The molecule has 1 aliphatic carbocycles. The second kappa shape index (κ2) is 7.69. The van der Waals surface area contributed by atoms with Crippen LogP contribution in [0, 0.1) is 5.92 Å². The van der Waals surface area contributed by atoms with Gasteiger partial charge in [0.15, 0.2) is 6.04 Å². The quantitative estimate of drug-likeness (QED) is 0.611. The van der Waals surface area contributed by atoms with Crippen LogP contribution in [0.25, 0.3) is 0 Å². The Hall–Kier alpha value is -1.22. The van der Waals surface area contributed by atoms with Crippen molar-refractivity contribution in [1.29, 1.82) is 0 Å². The molecule has 7 nitrogen and oxygen atoms in total. The van der Waals surface area contributed by atoms with E-state index in [0.29, 0.717) is 18.8 Å². The first kappa shape index (κ1) is 17.8. The summed E-state index contributed by atoms with van der Waals surface area (Å²) < 4.78 is 38.4. The molecule has 1 rings (SSSR count). The minimum absolute atomic E-state index is 0.199. The monoisotopic (exact) mass is 324 g/mol. The first-order chi connectivity index (χ1) is 9.73. The van der Waals surface area contributed by atoms with E-state index >= 15 is 0 Å². The Bertz CT molecular complexity index is 474. The molecule has 3 N–H and O–H groups in total. The molecule has 0 aromatic rings. The number of carbonyl (C=O) groups is 2. The molecule has 0 aliphatic heterocycles. The van der Waals surface area contributed by atoms with Gasteiger partial charge in [-0.2, -0.15) is 0 Å². The van der Waals surface area contributed by atoms with Gasteiger partial charge >= 0.3 is 5.97 Å². The molecule has 0 radical (unpaired) electrons. The van der Waals surface area contributed by atoms with Crippen LogP contribution in [0.2, 0.25) is 0 Å². The highest BCUT2D eigenvalue weighted by Gasteiger charge is 2.26. The third-order valence-electron chi connectivity index (χ3n) is 3.47. The van der Waals surface area contributed by atoms with E-state index in [0.717, 1.165) is 12.8 Å². The van der Waals surface area contributed by atoms with Gasteiger partial charge in [0.05, 0.1) is 0 Å². The second-order valence-corrected chi connectivity index (χ2v) is 7.20. The number of nitrogens with one attached hydrogen (secondary N) is 2. The molecule has 1 unspecified atom stereocenters. The fourth-order valence-electron chi connectivity index (χ4n) is 2.25. The fraction of sp³-hybridized carbons (Fsp3) is 0.833. The summed E-state index contributed by atoms with van der Waals surface area (Å²) in [5.74, 6) is -2.91. The van der Waals surface area contributed by atoms with E-state index in [1.165, 1.54) is 0 Å². The average Bonchev–Trinajstić information content (AvgIpc) is 2.37. The number of hydrogen-bond donors (Lipinski definition) is 3. The van der Waals surface area contributed by atoms with Crippen molar-refractivity contribution < 1.29 is 27.5 Å². The van der Waals surface area contributed by atoms with Gasteiger partial charge in [-0.1, -0.05) is 6.92 Å². The van der Waals surface area contributed by atoms with Crippen molar-refractivity contribution >= 4 is 21.9 Å². The van der Waals surface area contributed by atoms with E-state index in [1.807, 2.05) is 5.32 Å². The summed E-state index contributed by atoms with van der Waals surface area (Å²) in [6.45, 7) is 0.802. The first-order valence-electron chi connectivity index (χ1n) is 6.81. The van der Waals surface area contributed by atoms with Gasteiger partial charge < -0.3 is 10.4 Å². The van der Waals surface area contributed by atoms with Crippen LogP contribution in [0.5, 0.6) is 0 Å². The molecule has 122 valence electrons. The van der Waals surface area contributed by atoms with Crippen LogP contribution in [0.3, 0.4) is 0 Å². The van der Waals surface area contributed by atoms with Gasteiger partial charge in [0, 0.05) is 6.04 Å². The minimum Gasteiger partial charge on any atom is -0.480 e. The van der Waals surface area contributed by atoms with Crippen molar-refractivity contribution in [2.24, 2.45) is 5.92 Å². The van der Waals surface area contributed by atoms with Crippen LogP contribution < -0.4 is 10.0 Å². The Morgan fingerprint density at radius 1 is 1.29 bits per heavy atom. The topological polar surface area (TPSA) is 113 Å². The molecule has 1 saturated carbocycles. The van der Waals surface area contributed by atoms with Crippen molar-refractivity contribution in [1.82, 2.24) is 10.0 Å². The predicted molar refractivity (Wildman–Crippen MR) is 73.9 cm³/mol. The Morgan fingerprint density at radius 2 is 1.86 bits per heavy atom. The van der Waals surface area contributed by atoms with Gasteiger partial charge in [-0.25, -0.2) is 22.3 Å². The second-order valence-electron chi connectivity index (χ2n) is 5.45. The van der Waals surface area contributed by atoms with Gasteiger partial charge in [-0.15, -0.1) is 0 Å².